The molecule has 0 saturated carbocycles. The Bertz CT molecular complexity index is 595. The summed E-state index contributed by atoms with van der Waals surface area (Å²) in [5.74, 6) is 1.31. The minimum Gasteiger partial charge on any atom is -0.497 e. The smallest absolute Gasteiger partial charge is 0.317 e. The van der Waals surface area contributed by atoms with Crippen molar-refractivity contribution in [1.82, 2.24) is 15.1 Å². The van der Waals surface area contributed by atoms with Gasteiger partial charge in [0.1, 0.15) is 5.75 Å². The number of hydrogen-bond acceptors (Lipinski definition) is 3. The number of ether oxygens (including phenoxy) is 1. The van der Waals surface area contributed by atoms with E-state index < -0.39 is 0 Å². The first-order valence-electron chi connectivity index (χ1n) is 8.88. The zero-order chi connectivity index (χ0) is 18.4. The van der Waals surface area contributed by atoms with Gasteiger partial charge in [0.05, 0.1) is 13.2 Å². The van der Waals surface area contributed by atoms with Crippen molar-refractivity contribution in [2.45, 2.75) is 33.2 Å². The summed E-state index contributed by atoms with van der Waals surface area (Å²) in [5.41, 5.74) is 0.999. The highest BCUT2D eigenvalue weighted by molar-refractivity contribution is 5.78. The zero-order valence-electron chi connectivity index (χ0n) is 15.6. The van der Waals surface area contributed by atoms with Crippen LogP contribution in [0.5, 0.6) is 5.75 Å². The predicted molar refractivity (Wildman–Crippen MR) is 97.5 cm³/mol. The molecule has 25 heavy (non-hydrogen) atoms. The standard InChI is InChI=1S/C19H29N3O3/c1-14(2)12-18(23)21-8-10-22(11-9-21)19(24)20-15(3)16-6-5-7-17(13-16)25-4/h5-7,13-15H,8-12H2,1-4H3,(H,20,24). The Morgan fingerprint density at radius 3 is 2.36 bits per heavy atom. The summed E-state index contributed by atoms with van der Waals surface area (Å²) in [5, 5.41) is 3.02. The maximum Gasteiger partial charge on any atom is 0.317 e. The predicted octanol–water partition coefficient (Wildman–Crippen LogP) is 2.66. The van der Waals surface area contributed by atoms with Gasteiger partial charge in [0.15, 0.2) is 0 Å². The Balaban J connectivity index is 1.84. The number of piperazine rings is 1. The minimum atomic E-state index is -0.108. The molecule has 1 atom stereocenters. The van der Waals surface area contributed by atoms with Crippen molar-refractivity contribution >= 4 is 11.9 Å². The molecule has 0 spiro atoms. The molecule has 6 nitrogen and oxygen atoms in total. The summed E-state index contributed by atoms with van der Waals surface area (Å²) in [6.45, 7) is 8.39. The van der Waals surface area contributed by atoms with E-state index in [1.807, 2.05) is 49.9 Å². The molecule has 6 heteroatoms. The summed E-state index contributed by atoms with van der Waals surface area (Å²) < 4.78 is 5.23. The summed E-state index contributed by atoms with van der Waals surface area (Å²) in [6.07, 6.45) is 0.569. The maximum absolute atomic E-state index is 12.5. The minimum absolute atomic E-state index is 0.0914. The van der Waals surface area contributed by atoms with Crippen LogP contribution >= 0.6 is 0 Å². The Kier molecular flexibility index (Phi) is 6.67. The van der Waals surface area contributed by atoms with Crippen molar-refractivity contribution in [2.24, 2.45) is 5.92 Å². The second-order valence-corrected chi connectivity index (χ2v) is 6.91. The monoisotopic (exact) mass is 347 g/mol. The lowest BCUT2D eigenvalue weighted by atomic mass is 10.1. The largest absolute Gasteiger partial charge is 0.497 e. The number of carbonyl (C=O) groups excluding carboxylic acids is 2. The van der Waals surface area contributed by atoms with Crippen LogP contribution in [0.3, 0.4) is 0 Å². The first-order valence-corrected chi connectivity index (χ1v) is 8.88. The van der Waals surface area contributed by atoms with E-state index in [0.717, 1.165) is 11.3 Å². The number of nitrogens with zero attached hydrogens (tertiary/aromatic N) is 2. The summed E-state index contributed by atoms with van der Waals surface area (Å²) in [7, 11) is 1.63. The van der Waals surface area contributed by atoms with Crippen molar-refractivity contribution < 1.29 is 14.3 Å². The molecule has 1 heterocycles. The molecule has 3 amide bonds. The highest BCUT2D eigenvalue weighted by atomic mass is 16.5. The van der Waals surface area contributed by atoms with E-state index in [1.54, 1.807) is 12.0 Å². The van der Waals surface area contributed by atoms with Crippen LogP contribution in [0, 0.1) is 5.92 Å². The topological polar surface area (TPSA) is 61.9 Å². The molecule has 1 aliphatic rings. The quantitative estimate of drug-likeness (QED) is 0.891. The fourth-order valence-electron chi connectivity index (χ4n) is 2.91. The van der Waals surface area contributed by atoms with Crippen LogP contribution in [0.15, 0.2) is 24.3 Å². The fraction of sp³-hybridized carbons (Fsp3) is 0.579. The van der Waals surface area contributed by atoms with E-state index in [1.165, 1.54) is 0 Å². The van der Waals surface area contributed by atoms with Crippen LogP contribution in [0.2, 0.25) is 0 Å². The van der Waals surface area contributed by atoms with Crippen molar-refractivity contribution in [2.75, 3.05) is 33.3 Å². The third kappa shape index (κ3) is 5.37. The maximum atomic E-state index is 12.5. The lowest BCUT2D eigenvalue weighted by molar-refractivity contribution is -0.133. The van der Waals surface area contributed by atoms with Crippen molar-refractivity contribution in [1.29, 1.82) is 0 Å². The lowest BCUT2D eigenvalue weighted by Crippen LogP contribution is -2.53. The normalized spacial score (nSPS) is 15.9. The molecule has 1 N–H and O–H groups in total. The number of amides is 3. The third-order valence-corrected chi connectivity index (χ3v) is 4.44. The van der Waals surface area contributed by atoms with Crippen LogP contribution < -0.4 is 10.1 Å². The molecule has 0 bridgehead atoms. The van der Waals surface area contributed by atoms with Gasteiger partial charge in [0.2, 0.25) is 5.91 Å². The molecule has 2 rings (SSSR count). The van der Waals surface area contributed by atoms with E-state index in [2.05, 4.69) is 5.32 Å². The summed E-state index contributed by atoms with van der Waals surface area (Å²) in [6, 6.07) is 7.49. The van der Waals surface area contributed by atoms with Crippen LogP contribution in [0.25, 0.3) is 0 Å². The van der Waals surface area contributed by atoms with Gasteiger partial charge in [-0.15, -0.1) is 0 Å². The number of methoxy groups -OCH3 is 1. The van der Waals surface area contributed by atoms with Gasteiger partial charge in [-0.25, -0.2) is 4.79 Å². The average molecular weight is 347 g/mol. The number of rotatable bonds is 5. The Morgan fingerprint density at radius 1 is 1.12 bits per heavy atom. The van der Waals surface area contributed by atoms with Gasteiger partial charge in [0.25, 0.3) is 0 Å². The fourth-order valence-corrected chi connectivity index (χ4v) is 2.91. The molecular formula is C19H29N3O3. The molecule has 1 aromatic rings. The van der Waals surface area contributed by atoms with Gasteiger partial charge in [0, 0.05) is 32.6 Å². The van der Waals surface area contributed by atoms with Crippen molar-refractivity contribution in [3.8, 4) is 5.75 Å². The van der Waals surface area contributed by atoms with Crippen LogP contribution in [-0.2, 0) is 4.79 Å². The molecular weight excluding hydrogens is 318 g/mol. The molecule has 138 valence electrons. The summed E-state index contributed by atoms with van der Waals surface area (Å²) >= 11 is 0. The molecule has 0 aromatic heterocycles. The average Bonchev–Trinajstić information content (AvgIpc) is 2.61. The van der Waals surface area contributed by atoms with Crippen LogP contribution in [0.1, 0.15) is 38.8 Å². The third-order valence-electron chi connectivity index (χ3n) is 4.44. The highest BCUT2D eigenvalue weighted by Gasteiger charge is 2.25. The van der Waals surface area contributed by atoms with E-state index in [4.69, 9.17) is 4.74 Å². The van der Waals surface area contributed by atoms with Gasteiger partial charge < -0.3 is 19.9 Å². The van der Waals surface area contributed by atoms with E-state index in [9.17, 15) is 9.59 Å². The molecule has 1 aromatic carbocycles. The summed E-state index contributed by atoms with van der Waals surface area (Å²) in [4.78, 5) is 28.2. The number of urea groups is 1. The number of hydrogen-bond donors (Lipinski definition) is 1. The number of carbonyl (C=O) groups is 2. The van der Waals surface area contributed by atoms with Gasteiger partial charge >= 0.3 is 6.03 Å². The van der Waals surface area contributed by atoms with Gasteiger partial charge in [-0.2, -0.15) is 0 Å². The molecule has 0 radical (unpaired) electrons. The highest BCUT2D eigenvalue weighted by Crippen LogP contribution is 2.19. The van der Waals surface area contributed by atoms with E-state index >= 15 is 0 Å². The Hall–Kier alpha value is -2.24. The van der Waals surface area contributed by atoms with Crippen LogP contribution in [0.4, 0.5) is 4.79 Å². The Morgan fingerprint density at radius 2 is 1.76 bits per heavy atom. The lowest BCUT2D eigenvalue weighted by Gasteiger charge is -2.35. The zero-order valence-corrected chi connectivity index (χ0v) is 15.6. The Labute approximate surface area is 150 Å². The number of benzene rings is 1. The SMILES string of the molecule is COc1cccc(C(C)NC(=O)N2CCN(C(=O)CC(C)C)CC2)c1. The van der Waals surface area contributed by atoms with E-state index in [0.29, 0.717) is 38.5 Å². The van der Waals surface area contributed by atoms with Gasteiger partial charge in [-0.05, 0) is 30.5 Å². The van der Waals surface area contributed by atoms with Gasteiger partial charge in [-0.1, -0.05) is 26.0 Å². The number of nitrogens with one attached hydrogen (secondary N) is 1. The first-order chi connectivity index (χ1) is 11.9. The second kappa shape index (κ2) is 8.74. The first kappa shape index (κ1) is 19.1. The molecule has 1 unspecified atom stereocenters. The molecule has 1 aliphatic heterocycles. The van der Waals surface area contributed by atoms with Gasteiger partial charge in [-0.3, -0.25) is 4.79 Å². The molecule has 1 saturated heterocycles. The van der Waals surface area contributed by atoms with Crippen molar-refractivity contribution in [3.05, 3.63) is 29.8 Å². The molecule has 0 aliphatic carbocycles. The van der Waals surface area contributed by atoms with Crippen molar-refractivity contribution in [3.63, 3.8) is 0 Å². The van der Waals surface area contributed by atoms with E-state index in [-0.39, 0.29) is 18.0 Å². The molecule has 1 fully saturated rings. The second-order valence-electron chi connectivity index (χ2n) is 6.91. The van der Waals surface area contributed by atoms with Crippen LogP contribution in [-0.4, -0.2) is 55.0 Å².